The first-order chi connectivity index (χ1) is 9.72. The zero-order chi connectivity index (χ0) is 14.1. The van der Waals surface area contributed by atoms with Crippen LogP contribution in [-0.4, -0.2) is 38.2 Å². The van der Waals surface area contributed by atoms with E-state index < -0.39 is 0 Å². The van der Waals surface area contributed by atoms with E-state index in [2.05, 4.69) is 15.3 Å². The molecule has 3 aromatic rings. The average molecular weight is 272 g/mol. The van der Waals surface area contributed by atoms with Crippen molar-refractivity contribution in [2.45, 2.75) is 6.54 Å². The predicted octanol–water partition coefficient (Wildman–Crippen LogP) is 0.799. The number of hydrogen-bond acceptors (Lipinski definition) is 5. The molecule has 7 heteroatoms. The van der Waals surface area contributed by atoms with E-state index in [1.807, 2.05) is 36.0 Å². The summed E-state index contributed by atoms with van der Waals surface area (Å²) in [7, 11) is 3.60. The number of hydrogen-bond donors (Lipinski definition) is 1. The van der Waals surface area contributed by atoms with Crippen molar-refractivity contribution in [3.63, 3.8) is 0 Å². The lowest BCUT2D eigenvalue weighted by molar-refractivity contribution is 0.415. The minimum Gasteiger partial charge on any atom is -0.497 e. The maximum absolute atomic E-state index is 5.51. The quantitative estimate of drug-likeness (QED) is 0.759. The molecule has 0 atom stereocenters. The highest BCUT2D eigenvalue weighted by atomic mass is 16.5. The van der Waals surface area contributed by atoms with Crippen molar-refractivity contribution < 1.29 is 4.74 Å². The Kier molecular flexibility index (Phi) is 3.11. The molecule has 0 fully saturated rings. The molecule has 0 saturated carbocycles. The van der Waals surface area contributed by atoms with Crippen molar-refractivity contribution in [3.8, 4) is 17.3 Å². The molecule has 3 rings (SSSR count). The van der Waals surface area contributed by atoms with Crippen LogP contribution >= 0.6 is 0 Å². The Labute approximate surface area is 116 Å². The normalized spacial score (nSPS) is 11.2. The summed E-state index contributed by atoms with van der Waals surface area (Å²) < 4.78 is 8.93. The minimum absolute atomic E-state index is 0.530. The van der Waals surface area contributed by atoms with Gasteiger partial charge in [0.1, 0.15) is 11.4 Å². The number of rotatable bonds is 4. The minimum atomic E-state index is 0.530. The number of aryl methyl sites for hydroxylation is 1. The van der Waals surface area contributed by atoms with Gasteiger partial charge in [0.2, 0.25) is 0 Å². The maximum atomic E-state index is 5.51. The molecule has 0 bridgehead atoms. The van der Waals surface area contributed by atoms with E-state index in [1.54, 1.807) is 11.8 Å². The van der Waals surface area contributed by atoms with Crippen LogP contribution in [0.25, 0.3) is 22.6 Å². The summed E-state index contributed by atoms with van der Waals surface area (Å²) in [6.07, 6.45) is 1.85. The van der Waals surface area contributed by atoms with Crippen LogP contribution in [0, 0.1) is 0 Å². The van der Waals surface area contributed by atoms with Crippen molar-refractivity contribution in [3.05, 3.63) is 24.4 Å². The van der Waals surface area contributed by atoms with Crippen molar-refractivity contribution in [2.24, 2.45) is 12.8 Å². The SMILES string of the molecule is COc1ccc2c(c1)nc(-c1cn(CCN)nn1)n2C. The Morgan fingerprint density at radius 1 is 1.35 bits per heavy atom. The Bertz CT molecular complexity index is 744. The lowest BCUT2D eigenvalue weighted by atomic mass is 10.3. The van der Waals surface area contributed by atoms with Gasteiger partial charge in [-0.1, -0.05) is 5.21 Å². The van der Waals surface area contributed by atoms with Crippen LogP contribution in [0.5, 0.6) is 5.75 Å². The molecule has 0 aliphatic heterocycles. The van der Waals surface area contributed by atoms with Crippen LogP contribution in [0.2, 0.25) is 0 Å². The van der Waals surface area contributed by atoms with Crippen molar-refractivity contribution in [1.29, 1.82) is 0 Å². The zero-order valence-corrected chi connectivity index (χ0v) is 11.4. The van der Waals surface area contributed by atoms with Crippen molar-refractivity contribution in [2.75, 3.05) is 13.7 Å². The van der Waals surface area contributed by atoms with Gasteiger partial charge in [0.25, 0.3) is 0 Å². The summed E-state index contributed by atoms with van der Waals surface area (Å²) in [5.74, 6) is 1.56. The first-order valence-electron chi connectivity index (χ1n) is 6.34. The molecule has 0 radical (unpaired) electrons. The topological polar surface area (TPSA) is 83.8 Å². The Morgan fingerprint density at radius 2 is 2.20 bits per heavy atom. The highest BCUT2D eigenvalue weighted by molar-refractivity contribution is 5.81. The van der Waals surface area contributed by atoms with Crippen LogP contribution in [0.15, 0.2) is 24.4 Å². The van der Waals surface area contributed by atoms with E-state index in [1.165, 1.54) is 0 Å². The fourth-order valence-electron chi connectivity index (χ4n) is 2.18. The van der Waals surface area contributed by atoms with Gasteiger partial charge in [-0.05, 0) is 12.1 Å². The third-order valence-electron chi connectivity index (χ3n) is 3.21. The Morgan fingerprint density at radius 3 is 2.95 bits per heavy atom. The van der Waals surface area contributed by atoms with Gasteiger partial charge in [0.05, 0.1) is 30.9 Å². The Balaban J connectivity index is 2.08. The molecule has 0 aliphatic rings. The van der Waals surface area contributed by atoms with E-state index in [0.717, 1.165) is 28.3 Å². The summed E-state index contributed by atoms with van der Waals surface area (Å²) >= 11 is 0. The van der Waals surface area contributed by atoms with Gasteiger partial charge in [0.15, 0.2) is 5.82 Å². The predicted molar refractivity (Wildman–Crippen MR) is 75.3 cm³/mol. The van der Waals surface area contributed by atoms with E-state index >= 15 is 0 Å². The molecule has 20 heavy (non-hydrogen) atoms. The molecule has 0 saturated heterocycles. The van der Waals surface area contributed by atoms with E-state index in [9.17, 15) is 0 Å². The largest absolute Gasteiger partial charge is 0.497 e. The van der Waals surface area contributed by atoms with Crippen LogP contribution < -0.4 is 10.5 Å². The second-order valence-corrected chi connectivity index (χ2v) is 4.50. The number of aromatic nitrogens is 5. The number of nitrogens with zero attached hydrogens (tertiary/aromatic N) is 5. The van der Waals surface area contributed by atoms with Crippen LogP contribution in [0.1, 0.15) is 0 Å². The number of methoxy groups -OCH3 is 1. The molecule has 2 aromatic heterocycles. The fraction of sp³-hybridized carbons (Fsp3) is 0.308. The molecule has 104 valence electrons. The summed E-state index contributed by atoms with van der Waals surface area (Å²) in [6.45, 7) is 1.17. The summed E-state index contributed by atoms with van der Waals surface area (Å²) in [5.41, 5.74) is 8.13. The van der Waals surface area contributed by atoms with E-state index in [-0.39, 0.29) is 0 Å². The first kappa shape index (κ1) is 12.6. The number of nitrogens with two attached hydrogens (primary N) is 1. The Hall–Kier alpha value is -2.41. The van der Waals surface area contributed by atoms with Gasteiger partial charge >= 0.3 is 0 Å². The van der Waals surface area contributed by atoms with Gasteiger partial charge in [-0.25, -0.2) is 4.98 Å². The van der Waals surface area contributed by atoms with E-state index in [4.69, 9.17) is 10.5 Å². The summed E-state index contributed by atoms with van der Waals surface area (Å²) in [5, 5.41) is 8.18. The highest BCUT2D eigenvalue weighted by Crippen LogP contribution is 2.25. The molecule has 0 spiro atoms. The van der Waals surface area contributed by atoms with Gasteiger partial charge in [-0.3, -0.25) is 4.68 Å². The second-order valence-electron chi connectivity index (χ2n) is 4.50. The molecule has 0 aliphatic carbocycles. The monoisotopic (exact) mass is 272 g/mol. The average Bonchev–Trinajstić information content (AvgIpc) is 3.04. The molecular weight excluding hydrogens is 256 g/mol. The van der Waals surface area contributed by atoms with Crippen LogP contribution in [0.3, 0.4) is 0 Å². The summed E-state index contributed by atoms with van der Waals surface area (Å²) in [6, 6.07) is 5.80. The molecule has 2 N–H and O–H groups in total. The third-order valence-corrected chi connectivity index (χ3v) is 3.21. The second kappa shape index (κ2) is 4.93. The van der Waals surface area contributed by atoms with Gasteiger partial charge in [-0.15, -0.1) is 5.10 Å². The highest BCUT2D eigenvalue weighted by Gasteiger charge is 2.13. The molecule has 1 aromatic carbocycles. The van der Waals surface area contributed by atoms with Gasteiger partial charge in [0, 0.05) is 19.7 Å². The standard InChI is InChI=1S/C13H16N6O/c1-18-12-4-3-9(20-2)7-10(12)15-13(18)11-8-19(6-5-14)17-16-11/h3-4,7-8H,5-6,14H2,1-2H3. The molecule has 0 amide bonds. The van der Waals surface area contributed by atoms with E-state index in [0.29, 0.717) is 13.1 Å². The number of imidazole rings is 1. The maximum Gasteiger partial charge on any atom is 0.163 e. The molecule has 2 heterocycles. The fourth-order valence-corrected chi connectivity index (χ4v) is 2.18. The van der Waals surface area contributed by atoms with Crippen LogP contribution in [0.4, 0.5) is 0 Å². The van der Waals surface area contributed by atoms with Crippen molar-refractivity contribution >= 4 is 11.0 Å². The zero-order valence-electron chi connectivity index (χ0n) is 11.4. The number of ether oxygens (including phenoxy) is 1. The smallest absolute Gasteiger partial charge is 0.163 e. The number of fused-ring (bicyclic) bond motifs is 1. The lowest BCUT2D eigenvalue weighted by Gasteiger charge is -2.00. The molecular formula is C13H16N6O. The van der Waals surface area contributed by atoms with Crippen LogP contribution in [-0.2, 0) is 13.6 Å². The first-order valence-corrected chi connectivity index (χ1v) is 6.34. The van der Waals surface area contributed by atoms with Gasteiger partial charge in [-0.2, -0.15) is 0 Å². The molecule has 0 unspecified atom stereocenters. The number of benzene rings is 1. The summed E-state index contributed by atoms with van der Waals surface area (Å²) in [4.78, 5) is 4.60. The lowest BCUT2D eigenvalue weighted by Crippen LogP contribution is -2.10. The van der Waals surface area contributed by atoms with Crippen molar-refractivity contribution in [1.82, 2.24) is 24.5 Å². The molecule has 7 nitrogen and oxygen atoms in total. The van der Waals surface area contributed by atoms with Gasteiger partial charge < -0.3 is 15.0 Å². The third kappa shape index (κ3) is 2.01.